The van der Waals surface area contributed by atoms with Crippen LogP contribution in [0.3, 0.4) is 0 Å². The Bertz CT molecular complexity index is 791. The molecule has 1 N–H and O–H groups in total. The topological polar surface area (TPSA) is 75.3 Å². The summed E-state index contributed by atoms with van der Waals surface area (Å²) in [6, 6.07) is 7.32. The van der Waals surface area contributed by atoms with Crippen molar-refractivity contribution in [3.63, 3.8) is 0 Å². The van der Waals surface area contributed by atoms with Gasteiger partial charge >= 0.3 is 5.97 Å². The van der Waals surface area contributed by atoms with Gasteiger partial charge in [0.2, 0.25) is 0 Å². The summed E-state index contributed by atoms with van der Waals surface area (Å²) in [6.45, 7) is 6.56. The number of aryl methyl sites for hydroxylation is 2. The number of aromatic nitrogens is 2. The van der Waals surface area contributed by atoms with Gasteiger partial charge in [-0.2, -0.15) is 0 Å². The Morgan fingerprint density at radius 3 is 2.59 bits per heavy atom. The van der Waals surface area contributed by atoms with E-state index in [-0.39, 0.29) is 18.6 Å². The van der Waals surface area contributed by atoms with Crippen molar-refractivity contribution >= 4 is 11.9 Å². The first-order valence-corrected chi connectivity index (χ1v) is 9.59. The van der Waals surface area contributed by atoms with E-state index in [0.29, 0.717) is 5.56 Å². The Balaban J connectivity index is 1.58. The number of piperidine rings is 1. The van der Waals surface area contributed by atoms with Crippen molar-refractivity contribution < 1.29 is 14.3 Å². The van der Waals surface area contributed by atoms with Crippen LogP contribution in [0.2, 0.25) is 0 Å². The van der Waals surface area contributed by atoms with Gasteiger partial charge in [-0.3, -0.25) is 4.79 Å². The van der Waals surface area contributed by atoms with Crippen molar-refractivity contribution in [1.29, 1.82) is 0 Å². The quantitative estimate of drug-likeness (QED) is 0.817. The first-order chi connectivity index (χ1) is 13.0. The molecular weight excluding hydrogens is 342 g/mol. The number of nitrogens with one attached hydrogen (secondary N) is 1. The maximum Gasteiger partial charge on any atom is 0.338 e. The highest BCUT2D eigenvalue weighted by Crippen LogP contribution is 2.20. The van der Waals surface area contributed by atoms with Crippen LogP contribution in [0, 0.1) is 13.8 Å². The lowest BCUT2D eigenvalue weighted by Gasteiger charge is -2.35. The van der Waals surface area contributed by atoms with Gasteiger partial charge in [-0.25, -0.2) is 9.78 Å². The molecule has 6 heteroatoms. The number of ether oxygens (including phenoxy) is 1. The SMILES string of the molecule is CCC1CCCCN1C(=O)COC(=O)c1ccc(-c2nc(C)c(C)[nH]2)cc1. The molecule has 1 aliphatic rings. The number of imidazole rings is 1. The number of carbonyl (C=O) groups excluding carboxylic acids is 2. The number of nitrogens with zero attached hydrogens (tertiary/aromatic N) is 2. The average Bonchev–Trinajstić information content (AvgIpc) is 3.04. The van der Waals surface area contributed by atoms with E-state index in [9.17, 15) is 9.59 Å². The fraction of sp³-hybridized carbons (Fsp3) is 0.476. The summed E-state index contributed by atoms with van der Waals surface area (Å²) >= 11 is 0. The molecule has 1 fully saturated rings. The van der Waals surface area contributed by atoms with Gasteiger partial charge in [-0.05, 0) is 51.7 Å². The van der Waals surface area contributed by atoms with Crippen molar-refractivity contribution in [2.45, 2.75) is 52.5 Å². The van der Waals surface area contributed by atoms with Crippen molar-refractivity contribution in [2.24, 2.45) is 0 Å². The third-order valence-corrected chi connectivity index (χ3v) is 5.27. The van der Waals surface area contributed by atoms with Crippen LogP contribution in [0.15, 0.2) is 24.3 Å². The Morgan fingerprint density at radius 1 is 1.22 bits per heavy atom. The molecule has 1 saturated heterocycles. The molecule has 0 spiro atoms. The number of hydrogen-bond acceptors (Lipinski definition) is 4. The highest BCUT2D eigenvalue weighted by Gasteiger charge is 2.26. The molecule has 0 radical (unpaired) electrons. The molecule has 1 atom stereocenters. The second kappa shape index (κ2) is 8.37. The van der Waals surface area contributed by atoms with E-state index in [4.69, 9.17) is 4.74 Å². The van der Waals surface area contributed by atoms with Crippen molar-refractivity contribution in [3.8, 4) is 11.4 Å². The zero-order valence-corrected chi connectivity index (χ0v) is 16.2. The third-order valence-electron chi connectivity index (χ3n) is 5.27. The summed E-state index contributed by atoms with van der Waals surface area (Å²) in [5.41, 5.74) is 3.31. The lowest BCUT2D eigenvalue weighted by atomic mass is 10.00. The number of amides is 1. The first kappa shape index (κ1) is 19.1. The van der Waals surface area contributed by atoms with Crippen molar-refractivity contribution in [2.75, 3.05) is 13.2 Å². The third kappa shape index (κ3) is 4.38. The highest BCUT2D eigenvalue weighted by atomic mass is 16.5. The van der Waals surface area contributed by atoms with E-state index < -0.39 is 5.97 Å². The molecule has 1 aliphatic heterocycles. The van der Waals surface area contributed by atoms with E-state index in [1.165, 1.54) is 0 Å². The lowest BCUT2D eigenvalue weighted by molar-refractivity contribution is -0.138. The molecule has 27 heavy (non-hydrogen) atoms. The average molecular weight is 369 g/mol. The second-order valence-electron chi connectivity index (χ2n) is 7.09. The smallest absolute Gasteiger partial charge is 0.338 e. The highest BCUT2D eigenvalue weighted by molar-refractivity contribution is 5.91. The minimum Gasteiger partial charge on any atom is -0.452 e. The van der Waals surface area contributed by atoms with Crippen molar-refractivity contribution in [3.05, 3.63) is 41.2 Å². The summed E-state index contributed by atoms with van der Waals surface area (Å²) in [5.74, 6) is 0.190. The van der Waals surface area contributed by atoms with Crippen LogP contribution >= 0.6 is 0 Å². The van der Waals surface area contributed by atoms with E-state index in [2.05, 4.69) is 16.9 Å². The van der Waals surface area contributed by atoms with Gasteiger partial charge in [-0.1, -0.05) is 19.1 Å². The predicted molar refractivity (Wildman–Crippen MR) is 103 cm³/mol. The minimum absolute atomic E-state index is 0.104. The van der Waals surface area contributed by atoms with E-state index in [1.807, 2.05) is 30.9 Å². The molecule has 0 bridgehead atoms. The maximum absolute atomic E-state index is 12.4. The number of benzene rings is 1. The monoisotopic (exact) mass is 369 g/mol. The van der Waals surface area contributed by atoms with Gasteiger partial charge in [0.25, 0.3) is 5.91 Å². The zero-order valence-electron chi connectivity index (χ0n) is 16.2. The van der Waals surface area contributed by atoms with Crippen LogP contribution in [-0.4, -0.2) is 45.9 Å². The Hall–Kier alpha value is -2.63. The number of likely N-dealkylation sites (tertiary alicyclic amines) is 1. The van der Waals surface area contributed by atoms with Gasteiger partial charge in [0.05, 0.1) is 11.3 Å². The molecule has 1 aromatic heterocycles. The van der Waals surface area contributed by atoms with Gasteiger partial charge in [0, 0.05) is 23.8 Å². The molecule has 0 aliphatic carbocycles. The van der Waals surface area contributed by atoms with Crippen molar-refractivity contribution in [1.82, 2.24) is 14.9 Å². The van der Waals surface area contributed by atoms with Crippen LogP contribution < -0.4 is 0 Å². The summed E-state index contributed by atoms with van der Waals surface area (Å²) in [4.78, 5) is 34.2. The van der Waals surface area contributed by atoms with E-state index >= 15 is 0 Å². The van der Waals surface area contributed by atoms with Crippen LogP contribution in [0.4, 0.5) is 0 Å². The largest absolute Gasteiger partial charge is 0.452 e. The number of H-pyrrole nitrogens is 1. The maximum atomic E-state index is 12.4. The van der Waals surface area contributed by atoms with E-state index in [1.54, 1.807) is 12.1 Å². The summed E-state index contributed by atoms with van der Waals surface area (Å²) in [6.07, 6.45) is 4.14. The van der Waals surface area contributed by atoms with E-state index in [0.717, 1.165) is 55.0 Å². The lowest BCUT2D eigenvalue weighted by Crippen LogP contribution is -2.45. The molecule has 6 nitrogen and oxygen atoms in total. The van der Waals surface area contributed by atoms with Gasteiger partial charge in [0.15, 0.2) is 6.61 Å². The normalized spacial score (nSPS) is 17.0. The molecule has 2 heterocycles. The van der Waals surface area contributed by atoms with Crippen LogP contribution in [0.1, 0.15) is 54.4 Å². The Kier molecular flexibility index (Phi) is 5.94. The Labute approximate surface area is 159 Å². The number of aromatic amines is 1. The summed E-state index contributed by atoms with van der Waals surface area (Å²) in [5, 5.41) is 0. The molecule has 0 saturated carbocycles. The fourth-order valence-corrected chi connectivity index (χ4v) is 3.50. The summed E-state index contributed by atoms with van der Waals surface area (Å²) in [7, 11) is 0. The molecule has 1 unspecified atom stereocenters. The zero-order chi connectivity index (χ0) is 19.4. The van der Waals surface area contributed by atoms with Crippen LogP contribution in [-0.2, 0) is 9.53 Å². The molecular formula is C21H27N3O3. The predicted octanol–water partition coefficient (Wildman–Crippen LogP) is 3.64. The van der Waals surface area contributed by atoms with Gasteiger partial charge in [-0.15, -0.1) is 0 Å². The van der Waals surface area contributed by atoms with Gasteiger partial charge in [0.1, 0.15) is 5.82 Å². The molecule has 2 aromatic rings. The summed E-state index contributed by atoms with van der Waals surface area (Å²) < 4.78 is 5.25. The number of esters is 1. The van der Waals surface area contributed by atoms with Gasteiger partial charge < -0.3 is 14.6 Å². The molecule has 1 aromatic carbocycles. The number of rotatable bonds is 5. The number of carbonyl (C=O) groups is 2. The molecule has 3 rings (SSSR count). The standard InChI is InChI=1S/C21H27N3O3/c1-4-18-7-5-6-12-24(18)19(25)13-27-21(26)17-10-8-16(9-11-17)20-22-14(2)15(3)23-20/h8-11,18H,4-7,12-13H2,1-3H3,(H,22,23). The number of hydrogen-bond donors (Lipinski definition) is 1. The molecule has 1 amide bonds. The minimum atomic E-state index is -0.480. The first-order valence-electron chi connectivity index (χ1n) is 9.59. The van der Waals surface area contributed by atoms with Crippen LogP contribution in [0.25, 0.3) is 11.4 Å². The Morgan fingerprint density at radius 2 is 1.96 bits per heavy atom. The second-order valence-corrected chi connectivity index (χ2v) is 7.09. The molecule has 144 valence electrons. The fourth-order valence-electron chi connectivity index (χ4n) is 3.50. The van der Waals surface area contributed by atoms with Crippen LogP contribution in [0.5, 0.6) is 0 Å².